The fraction of sp³-hybridized carbons (Fsp3) is 0.0625. The lowest BCUT2D eigenvalue weighted by Gasteiger charge is -2.04. The molecule has 0 unspecified atom stereocenters. The molecule has 0 heterocycles. The van der Waals surface area contributed by atoms with Crippen LogP contribution in [0.25, 0.3) is 0 Å². The van der Waals surface area contributed by atoms with Crippen molar-refractivity contribution >= 4 is 5.78 Å². The van der Waals surface area contributed by atoms with Crippen LogP contribution in [0.1, 0.15) is 15.9 Å². The predicted molar refractivity (Wildman–Crippen MR) is 72.3 cm³/mol. The van der Waals surface area contributed by atoms with Crippen LogP contribution in [0, 0.1) is 11.8 Å². The standard InChI is InChI=1S/C16H12O3/c1-19-15-9-5-8-13(16(15)18)14(17)11-10-12-6-3-2-4-7-12/h2-9,18H,1H3. The van der Waals surface area contributed by atoms with Crippen LogP contribution in [-0.2, 0) is 0 Å². The van der Waals surface area contributed by atoms with Gasteiger partial charge in [-0.2, -0.15) is 0 Å². The number of para-hydroxylation sites is 1. The molecule has 2 aromatic rings. The number of phenols is 1. The molecule has 3 heteroatoms. The van der Waals surface area contributed by atoms with Gasteiger partial charge in [-0.3, -0.25) is 4.79 Å². The third-order valence-electron chi connectivity index (χ3n) is 2.56. The number of rotatable bonds is 2. The van der Waals surface area contributed by atoms with E-state index in [1.807, 2.05) is 30.3 Å². The molecule has 0 aliphatic rings. The van der Waals surface area contributed by atoms with Gasteiger partial charge in [0.25, 0.3) is 0 Å². The Bertz CT molecular complexity index is 649. The van der Waals surface area contributed by atoms with Crippen LogP contribution < -0.4 is 4.74 Å². The first-order valence-corrected chi connectivity index (χ1v) is 5.69. The van der Waals surface area contributed by atoms with Crippen molar-refractivity contribution in [1.29, 1.82) is 0 Å². The Hall–Kier alpha value is -2.73. The molecule has 0 amide bonds. The summed E-state index contributed by atoms with van der Waals surface area (Å²) >= 11 is 0. The van der Waals surface area contributed by atoms with Crippen molar-refractivity contribution in [1.82, 2.24) is 0 Å². The maximum Gasteiger partial charge on any atom is 0.240 e. The van der Waals surface area contributed by atoms with Crippen molar-refractivity contribution in [2.24, 2.45) is 0 Å². The summed E-state index contributed by atoms with van der Waals surface area (Å²) in [5, 5.41) is 9.84. The quantitative estimate of drug-likeness (QED) is 0.660. The molecule has 0 bridgehead atoms. The van der Waals surface area contributed by atoms with E-state index in [9.17, 15) is 9.90 Å². The first-order valence-electron chi connectivity index (χ1n) is 5.69. The number of hydrogen-bond acceptors (Lipinski definition) is 3. The topological polar surface area (TPSA) is 46.5 Å². The summed E-state index contributed by atoms with van der Waals surface area (Å²) in [5.74, 6) is 4.89. The summed E-state index contributed by atoms with van der Waals surface area (Å²) in [6, 6.07) is 13.9. The maximum absolute atomic E-state index is 11.9. The molecule has 19 heavy (non-hydrogen) atoms. The summed E-state index contributed by atoms with van der Waals surface area (Å²) in [7, 11) is 1.43. The normalized spacial score (nSPS) is 9.32. The Kier molecular flexibility index (Phi) is 3.84. The second-order valence-electron chi connectivity index (χ2n) is 3.80. The molecule has 0 aromatic heterocycles. The molecule has 2 rings (SSSR count). The molecule has 0 spiro atoms. The number of Topliss-reactive ketones (excluding diaryl/α,β-unsaturated/α-hetero) is 1. The number of hydrogen-bond donors (Lipinski definition) is 1. The van der Waals surface area contributed by atoms with E-state index < -0.39 is 5.78 Å². The van der Waals surface area contributed by atoms with Crippen molar-refractivity contribution in [3.8, 4) is 23.3 Å². The van der Waals surface area contributed by atoms with E-state index in [0.717, 1.165) is 5.56 Å². The van der Waals surface area contributed by atoms with E-state index in [0.29, 0.717) is 0 Å². The third-order valence-corrected chi connectivity index (χ3v) is 2.56. The minimum absolute atomic E-state index is 0.141. The van der Waals surface area contributed by atoms with Gasteiger partial charge in [-0.1, -0.05) is 30.2 Å². The van der Waals surface area contributed by atoms with Gasteiger partial charge in [0.05, 0.1) is 12.7 Å². The number of benzene rings is 2. The Labute approximate surface area is 111 Å². The molecule has 0 aliphatic carbocycles. The first-order chi connectivity index (χ1) is 9.22. The Morgan fingerprint density at radius 3 is 2.53 bits per heavy atom. The van der Waals surface area contributed by atoms with Gasteiger partial charge in [0, 0.05) is 5.56 Å². The van der Waals surface area contributed by atoms with Crippen molar-refractivity contribution in [3.63, 3.8) is 0 Å². The Morgan fingerprint density at radius 2 is 1.84 bits per heavy atom. The molecule has 0 fully saturated rings. The molecule has 2 aromatic carbocycles. The molecule has 0 aliphatic heterocycles. The van der Waals surface area contributed by atoms with Gasteiger partial charge < -0.3 is 9.84 Å². The number of ether oxygens (including phenoxy) is 1. The summed E-state index contributed by atoms with van der Waals surface area (Å²) in [6.07, 6.45) is 0. The second-order valence-corrected chi connectivity index (χ2v) is 3.80. The summed E-state index contributed by atoms with van der Waals surface area (Å²) in [4.78, 5) is 11.9. The fourth-order valence-electron chi connectivity index (χ4n) is 1.59. The first kappa shape index (κ1) is 12.7. The highest BCUT2D eigenvalue weighted by Gasteiger charge is 2.12. The monoisotopic (exact) mass is 252 g/mol. The molecule has 0 saturated carbocycles. The van der Waals surface area contributed by atoms with Crippen LogP contribution in [0.5, 0.6) is 11.5 Å². The van der Waals surface area contributed by atoms with E-state index >= 15 is 0 Å². The van der Waals surface area contributed by atoms with E-state index in [-0.39, 0.29) is 17.1 Å². The zero-order valence-corrected chi connectivity index (χ0v) is 10.4. The maximum atomic E-state index is 11.9. The largest absolute Gasteiger partial charge is 0.504 e. The van der Waals surface area contributed by atoms with Crippen molar-refractivity contribution in [3.05, 3.63) is 59.7 Å². The van der Waals surface area contributed by atoms with Crippen molar-refractivity contribution in [2.75, 3.05) is 7.11 Å². The molecule has 0 radical (unpaired) electrons. The lowest BCUT2D eigenvalue weighted by Crippen LogP contribution is -1.97. The molecule has 0 atom stereocenters. The number of phenolic OH excluding ortho intramolecular Hbond substituents is 1. The number of carbonyl (C=O) groups excluding carboxylic acids is 1. The Morgan fingerprint density at radius 1 is 1.11 bits per heavy atom. The summed E-state index contributed by atoms with van der Waals surface area (Å²) in [6.45, 7) is 0. The van der Waals surface area contributed by atoms with E-state index in [2.05, 4.69) is 11.8 Å². The SMILES string of the molecule is COc1cccc(C(=O)C#Cc2ccccc2)c1O. The number of aromatic hydroxyl groups is 1. The van der Waals surface area contributed by atoms with Crippen LogP contribution in [-0.4, -0.2) is 18.0 Å². The van der Waals surface area contributed by atoms with Crippen LogP contribution in [0.2, 0.25) is 0 Å². The van der Waals surface area contributed by atoms with Crippen molar-refractivity contribution in [2.45, 2.75) is 0 Å². The minimum Gasteiger partial charge on any atom is -0.504 e. The number of ketones is 1. The molecule has 1 N–H and O–H groups in total. The highest BCUT2D eigenvalue weighted by Crippen LogP contribution is 2.29. The van der Waals surface area contributed by atoms with Crippen LogP contribution in [0.15, 0.2) is 48.5 Å². The molecule has 94 valence electrons. The summed E-state index contributed by atoms with van der Waals surface area (Å²) in [5.41, 5.74) is 0.890. The third kappa shape index (κ3) is 2.93. The average molecular weight is 252 g/mol. The van der Waals surface area contributed by atoms with Gasteiger partial charge >= 0.3 is 0 Å². The van der Waals surface area contributed by atoms with E-state index in [4.69, 9.17) is 4.74 Å². The van der Waals surface area contributed by atoms with E-state index in [1.54, 1.807) is 12.1 Å². The van der Waals surface area contributed by atoms with Gasteiger partial charge in [-0.15, -0.1) is 0 Å². The van der Waals surface area contributed by atoms with Gasteiger partial charge in [-0.25, -0.2) is 0 Å². The fourth-order valence-corrected chi connectivity index (χ4v) is 1.59. The van der Waals surface area contributed by atoms with Gasteiger partial charge in [0.2, 0.25) is 5.78 Å². The predicted octanol–water partition coefficient (Wildman–Crippen LogP) is 2.64. The van der Waals surface area contributed by atoms with Crippen molar-refractivity contribution < 1.29 is 14.6 Å². The molecule has 3 nitrogen and oxygen atoms in total. The van der Waals surface area contributed by atoms with E-state index in [1.165, 1.54) is 13.2 Å². The highest BCUT2D eigenvalue weighted by atomic mass is 16.5. The molecule has 0 saturated heterocycles. The zero-order valence-electron chi connectivity index (χ0n) is 10.4. The number of methoxy groups -OCH3 is 1. The zero-order chi connectivity index (χ0) is 13.7. The van der Waals surface area contributed by atoms with Gasteiger partial charge in [0.1, 0.15) is 0 Å². The van der Waals surface area contributed by atoms with Gasteiger partial charge in [-0.05, 0) is 30.2 Å². The van der Waals surface area contributed by atoms with Gasteiger partial charge in [0.15, 0.2) is 11.5 Å². The summed E-state index contributed by atoms with van der Waals surface area (Å²) < 4.78 is 4.95. The van der Waals surface area contributed by atoms with Crippen LogP contribution >= 0.6 is 0 Å². The lowest BCUT2D eigenvalue weighted by molar-refractivity contribution is 0.105. The van der Waals surface area contributed by atoms with Crippen LogP contribution in [0.3, 0.4) is 0 Å². The molecular weight excluding hydrogens is 240 g/mol. The van der Waals surface area contributed by atoms with Crippen LogP contribution in [0.4, 0.5) is 0 Å². The lowest BCUT2D eigenvalue weighted by atomic mass is 10.1. The second kappa shape index (κ2) is 5.74. The number of carbonyl (C=O) groups is 1. The smallest absolute Gasteiger partial charge is 0.240 e. The average Bonchev–Trinajstić information content (AvgIpc) is 2.46. The minimum atomic E-state index is -0.444. The Balaban J connectivity index is 2.29. The highest BCUT2D eigenvalue weighted by molar-refractivity contribution is 6.11. The molecular formula is C16H12O3.